The number of anilines is 1. The van der Waals surface area contributed by atoms with Crippen LogP contribution < -0.4 is 10.1 Å². The minimum atomic E-state index is -0.348. The van der Waals surface area contributed by atoms with Crippen LogP contribution in [0.15, 0.2) is 24.3 Å². The van der Waals surface area contributed by atoms with Crippen LogP contribution in [-0.2, 0) is 14.3 Å². The van der Waals surface area contributed by atoms with Crippen molar-refractivity contribution in [3.05, 3.63) is 24.3 Å². The molecule has 114 valence electrons. The summed E-state index contributed by atoms with van der Waals surface area (Å²) >= 11 is 0. The highest BCUT2D eigenvalue weighted by atomic mass is 16.5. The third-order valence-corrected chi connectivity index (χ3v) is 3.21. The molecule has 1 aliphatic heterocycles. The second-order valence-corrected chi connectivity index (χ2v) is 5.09. The average molecular weight is 292 g/mol. The van der Waals surface area contributed by atoms with Crippen molar-refractivity contribution in [3.8, 4) is 5.75 Å². The standard InChI is InChI=1S/C15H20N2O4/c1-17(2)14(18)10-21-12-7-5-11(6-8-12)16-15(19)13-4-3-9-20-13/h5-8,13H,3-4,9-10H2,1-2H3,(H,16,19). The molecule has 2 rings (SSSR count). The number of nitrogens with one attached hydrogen (secondary N) is 1. The first-order valence-electron chi connectivity index (χ1n) is 6.92. The zero-order chi connectivity index (χ0) is 15.2. The molecule has 0 bridgehead atoms. The molecule has 21 heavy (non-hydrogen) atoms. The summed E-state index contributed by atoms with van der Waals surface area (Å²) < 4.78 is 10.7. The average Bonchev–Trinajstić information content (AvgIpc) is 3.00. The van der Waals surface area contributed by atoms with Crippen LogP contribution in [0.3, 0.4) is 0 Å². The van der Waals surface area contributed by atoms with Crippen molar-refractivity contribution >= 4 is 17.5 Å². The molecule has 1 atom stereocenters. The van der Waals surface area contributed by atoms with Gasteiger partial charge in [-0.1, -0.05) is 0 Å². The summed E-state index contributed by atoms with van der Waals surface area (Å²) in [6, 6.07) is 6.91. The van der Waals surface area contributed by atoms with Crippen molar-refractivity contribution in [2.45, 2.75) is 18.9 Å². The molecule has 1 fully saturated rings. The number of likely N-dealkylation sites (N-methyl/N-ethyl adjacent to an activating group) is 1. The van der Waals surface area contributed by atoms with Crippen LogP contribution in [0, 0.1) is 0 Å². The molecule has 2 amide bonds. The van der Waals surface area contributed by atoms with E-state index in [1.165, 1.54) is 4.90 Å². The lowest BCUT2D eigenvalue weighted by Gasteiger charge is -2.12. The summed E-state index contributed by atoms with van der Waals surface area (Å²) in [4.78, 5) is 24.7. The van der Waals surface area contributed by atoms with E-state index in [1.807, 2.05) is 0 Å². The van der Waals surface area contributed by atoms with Gasteiger partial charge in [0.15, 0.2) is 6.61 Å². The topological polar surface area (TPSA) is 67.9 Å². The second-order valence-electron chi connectivity index (χ2n) is 5.09. The molecule has 6 nitrogen and oxygen atoms in total. The molecule has 1 unspecified atom stereocenters. The van der Waals surface area contributed by atoms with Gasteiger partial charge in [0.2, 0.25) is 0 Å². The number of carbonyl (C=O) groups is 2. The van der Waals surface area contributed by atoms with Crippen molar-refractivity contribution in [2.75, 3.05) is 32.6 Å². The SMILES string of the molecule is CN(C)C(=O)COc1ccc(NC(=O)C2CCCO2)cc1. The molecule has 1 aromatic rings. The van der Waals surface area contributed by atoms with E-state index in [0.29, 0.717) is 18.0 Å². The first kappa shape index (κ1) is 15.3. The lowest BCUT2D eigenvalue weighted by Crippen LogP contribution is -2.27. The van der Waals surface area contributed by atoms with Crippen molar-refractivity contribution in [3.63, 3.8) is 0 Å². The van der Waals surface area contributed by atoms with E-state index < -0.39 is 0 Å². The molecule has 0 aliphatic carbocycles. The van der Waals surface area contributed by atoms with Gasteiger partial charge in [0.05, 0.1) is 0 Å². The third kappa shape index (κ3) is 4.46. The Morgan fingerprint density at radius 1 is 1.33 bits per heavy atom. The summed E-state index contributed by atoms with van der Waals surface area (Å²) in [6.07, 6.45) is 1.34. The van der Waals surface area contributed by atoms with E-state index in [1.54, 1.807) is 38.4 Å². The highest BCUT2D eigenvalue weighted by Gasteiger charge is 2.23. The fraction of sp³-hybridized carbons (Fsp3) is 0.467. The number of benzene rings is 1. The van der Waals surface area contributed by atoms with Crippen LogP contribution >= 0.6 is 0 Å². The summed E-state index contributed by atoms with van der Waals surface area (Å²) in [5, 5.41) is 2.80. The number of hydrogen-bond acceptors (Lipinski definition) is 4. The van der Waals surface area contributed by atoms with Crippen LogP contribution in [0.1, 0.15) is 12.8 Å². The molecule has 0 aromatic heterocycles. The highest BCUT2D eigenvalue weighted by Crippen LogP contribution is 2.18. The van der Waals surface area contributed by atoms with Gasteiger partial charge in [0.25, 0.3) is 11.8 Å². The predicted molar refractivity (Wildman–Crippen MR) is 78.2 cm³/mol. The van der Waals surface area contributed by atoms with E-state index in [4.69, 9.17) is 9.47 Å². The lowest BCUT2D eigenvalue weighted by molar-refractivity contribution is -0.130. The minimum Gasteiger partial charge on any atom is -0.484 e. The maximum absolute atomic E-state index is 11.9. The van der Waals surface area contributed by atoms with Crippen molar-refractivity contribution < 1.29 is 19.1 Å². The predicted octanol–water partition coefficient (Wildman–Crippen LogP) is 1.27. The largest absolute Gasteiger partial charge is 0.484 e. The minimum absolute atomic E-state index is 0.00534. The number of amides is 2. The van der Waals surface area contributed by atoms with E-state index in [-0.39, 0.29) is 24.5 Å². The number of nitrogens with zero attached hydrogens (tertiary/aromatic N) is 1. The van der Waals surface area contributed by atoms with Gasteiger partial charge in [-0.05, 0) is 37.1 Å². The second kappa shape index (κ2) is 7.08. The van der Waals surface area contributed by atoms with Gasteiger partial charge in [-0.2, -0.15) is 0 Å². The summed E-state index contributed by atoms with van der Waals surface area (Å²) in [5.74, 6) is 0.357. The van der Waals surface area contributed by atoms with Gasteiger partial charge >= 0.3 is 0 Å². The van der Waals surface area contributed by atoms with Crippen LogP contribution in [0.5, 0.6) is 5.75 Å². The summed E-state index contributed by atoms with van der Waals surface area (Å²) in [5.41, 5.74) is 0.682. The molecule has 0 radical (unpaired) electrons. The Kier molecular flexibility index (Phi) is 5.16. The Balaban J connectivity index is 1.84. The van der Waals surface area contributed by atoms with E-state index >= 15 is 0 Å². The Hall–Kier alpha value is -2.08. The molecule has 1 aliphatic rings. The zero-order valence-corrected chi connectivity index (χ0v) is 12.3. The summed E-state index contributed by atoms with van der Waals surface area (Å²) in [7, 11) is 3.35. The molecule has 0 spiro atoms. The normalized spacial score (nSPS) is 17.3. The maximum Gasteiger partial charge on any atom is 0.259 e. The van der Waals surface area contributed by atoms with E-state index in [2.05, 4.69) is 5.32 Å². The van der Waals surface area contributed by atoms with Gasteiger partial charge in [-0.3, -0.25) is 9.59 Å². The Labute approximate surface area is 124 Å². The quantitative estimate of drug-likeness (QED) is 0.887. The van der Waals surface area contributed by atoms with Gasteiger partial charge in [0.1, 0.15) is 11.9 Å². The lowest BCUT2D eigenvalue weighted by atomic mass is 10.2. The monoisotopic (exact) mass is 292 g/mol. The molecular formula is C15H20N2O4. The van der Waals surface area contributed by atoms with Gasteiger partial charge in [-0.15, -0.1) is 0 Å². The van der Waals surface area contributed by atoms with Gasteiger partial charge in [-0.25, -0.2) is 0 Å². The van der Waals surface area contributed by atoms with Crippen LogP contribution in [0.4, 0.5) is 5.69 Å². The molecule has 0 saturated carbocycles. The molecule has 1 saturated heterocycles. The number of ether oxygens (including phenoxy) is 2. The van der Waals surface area contributed by atoms with Gasteiger partial charge < -0.3 is 19.7 Å². The van der Waals surface area contributed by atoms with Crippen molar-refractivity contribution in [1.82, 2.24) is 4.90 Å². The molecule has 1 aromatic carbocycles. The summed E-state index contributed by atoms with van der Waals surface area (Å²) in [6.45, 7) is 0.638. The number of hydrogen-bond donors (Lipinski definition) is 1. The third-order valence-electron chi connectivity index (χ3n) is 3.21. The van der Waals surface area contributed by atoms with Crippen LogP contribution in [-0.4, -0.2) is 50.1 Å². The Morgan fingerprint density at radius 2 is 2.05 bits per heavy atom. The first-order chi connectivity index (χ1) is 10.1. The molecule has 6 heteroatoms. The Morgan fingerprint density at radius 3 is 2.62 bits per heavy atom. The van der Waals surface area contributed by atoms with Crippen molar-refractivity contribution in [1.29, 1.82) is 0 Å². The fourth-order valence-corrected chi connectivity index (χ4v) is 1.92. The molecule has 1 N–H and O–H groups in total. The van der Waals surface area contributed by atoms with Crippen molar-refractivity contribution in [2.24, 2.45) is 0 Å². The fourth-order valence-electron chi connectivity index (χ4n) is 1.92. The Bertz CT molecular complexity index is 493. The zero-order valence-electron chi connectivity index (χ0n) is 12.3. The van der Waals surface area contributed by atoms with E-state index in [0.717, 1.165) is 12.8 Å². The number of carbonyl (C=O) groups excluding carboxylic acids is 2. The van der Waals surface area contributed by atoms with Gasteiger partial charge in [0, 0.05) is 26.4 Å². The molecular weight excluding hydrogens is 272 g/mol. The number of rotatable bonds is 5. The highest BCUT2D eigenvalue weighted by molar-refractivity contribution is 5.94. The van der Waals surface area contributed by atoms with Crippen LogP contribution in [0.25, 0.3) is 0 Å². The van der Waals surface area contributed by atoms with E-state index in [9.17, 15) is 9.59 Å². The van der Waals surface area contributed by atoms with Crippen LogP contribution in [0.2, 0.25) is 0 Å². The first-order valence-corrected chi connectivity index (χ1v) is 6.92. The maximum atomic E-state index is 11.9. The smallest absolute Gasteiger partial charge is 0.259 e. The molecule has 1 heterocycles.